The molecule has 0 saturated carbocycles. The van der Waals surface area contributed by atoms with Crippen LogP contribution in [0.3, 0.4) is 0 Å². The first kappa shape index (κ1) is 20.3. The minimum absolute atomic E-state index is 0.512. The number of hydrogen-bond acceptors (Lipinski definition) is 4. The summed E-state index contributed by atoms with van der Waals surface area (Å²) in [6, 6.07) is 7.67. The van der Waals surface area contributed by atoms with Gasteiger partial charge in [-0.25, -0.2) is 4.98 Å². The third-order valence-electron chi connectivity index (χ3n) is 3.66. The number of furan rings is 1. The average Bonchev–Trinajstić information content (AvgIpc) is 3.16. The van der Waals surface area contributed by atoms with Crippen molar-refractivity contribution in [2.24, 2.45) is 4.99 Å². The summed E-state index contributed by atoms with van der Waals surface area (Å²) in [5.41, 5.74) is 1.13. The quantitative estimate of drug-likeness (QED) is 0.272. The molecule has 0 radical (unpaired) electrons. The SMILES string of the molecule is CCOCCCN=C(NCCc1ccc(Cl)nc1)NCCc1ccco1. The van der Waals surface area contributed by atoms with E-state index in [2.05, 4.69) is 20.6 Å². The van der Waals surface area contributed by atoms with E-state index in [9.17, 15) is 0 Å². The van der Waals surface area contributed by atoms with Gasteiger partial charge in [0.1, 0.15) is 10.9 Å². The Kier molecular flexibility index (Phi) is 9.61. The zero-order valence-corrected chi connectivity index (χ0v) is 16.0. The lowest BCUT2D eigenvalue weighted by Gasteiger charge is -2.12. The van der Waals surface area contributed by atoms with Crippen molar-refractivity contribution < 1.29 is 9.15 Å². The largest absolute Gasteiger partial charge is 0.469 e. The molecule has 0 aliphatic rings. The third kappa shape index (κ3) is 8.36. The van der Waals surface area contributed by atoms with Crippen molar-refractivity contribution in [3.05, 3.63) is 53.2 Å². The number of aliphatic imine (C=N–C) groups is 1. The number of hydrogen-bond donors (Lipinski definition) is 2. The highest BCUT2D eigenvalue weighted by Gasteiger charge is 2.01. The van der Waals surface area contributed by atoms with E-state index in [-0.39, 0.29) is 0 Å². The normalized spacial score (nSPS) is 11.5. The average molecular weight is 379 g/mol. The summed E-state index contributed by atoms with van der Waals surface area (Å²) in [7, 11) is 0. The molecule has 2 aromatic rings. The van der Waals surface area contributed by atoms with Crippen molar-refractivity contribution in [1.29, 1.82) is 0 Å². The lowest BCUT2D eigenvalue weighted by Crippen LogP contribution is -2.39. The Morgan fingerprint density at radius 3 is 2.77 bits per heavy atom. The number of aromatic nitrogens is 1. The second-order valence-electron chi connectivity index (χ2n) is 5.70. The zero-order valence-electron chi connectivity index (χ0n) is 15.2. The number of nitrogens with one attached hydrogen (secondary N) is 2. The summed E-state index contributed by atoms with van der Waals surface area (Å²) >= 11 is 5.82. The van der Waals surface area contributed by atoms with Gasteiger partial charge < -0.3 is 19.8 Å². The van der Waals surface area contributed by atoms with Gasteiger partial charge >= 0.3 is 0 Å². The molecule has 0 unspecified atom stereocenters. The smallest absolute Gasteiger partial charge is 0.191 e. The lowest BCUT2D eigenvalue weighted by molar-refractivity contribution is 0.146. The van der Waals surface area contributed by atoms with E-state index >= 15 is 0 Å². The highest BCUT2D eigenvalue weighted by Crippen LogP contribution is 2.05. The molecule has 26 heavy (non-hydrogen) atoms. The van der Waals surface area contributed by atoms with E-state index in [0.717, 1.165) is 69.4 Å². The van der Waals surface area contributed by atoms with E-state index in [1.165, 1.54) is 0 Å². The van der Waals surface area contributed by atoms with Gasteiger partial charge in [-0.15, -0.1) is 0 Å². The van der Waals surface area contributed by atoms with Crippen LogP contribution in [0.2, 0.25) is 5.15 Å². The van der Waals surface area contributed by atoms with E-state index in [1.807, 2.05) is 25.1 Å². The minimum Gasteiger partial charge on any atom is -0.469 e. The van der Waals surface area contributed by atoms with Crippen LogP contribution in [0.4, 0.5) is 0 Å². The summed E-state index contributed by atoms with van der Waals surface area (Å²) in [5.74, 6) is 1.76. The summed E-state index contributed by atoms with van der Waals surface area (Å²) in [5, 5.41) is 7.22. The number of nitrogens with zero attached hydrogens (tertiary/aromatic N) is 2. The highest BCUT2D eigenvalue weighted by molar-refractivity contribution is 6.29. The van der Waals surface area contributed by atoms with Crippen molar-refractivity contribution in [2.45, 2.75) is 26.2 Å². The Hall–Kier alpha value is -2.05. The molecular formula is C19H27ClN4O2. The van der Waals surface area contributed by atoms with Gasteiger partial charge in [0.25, 0.3) is 0 Å². The van der Waals surface area contributed by atoms with Gasteiger partial charge in [-0.1, -0.05) is 17.7 Å². The van der Waals surface area contributed by atoms with Gasteiger partial charge in [-0.3, -0.25) is 4.99 Å². The lowest BCUT2D eigenvalue weighted by atomic mass is 10.2. The van der Waals surface area contributed by atoms with Gasteiger partial charge in [0.15, 0.2) is 5.96 Å². The molecule has 2 heterocycles. The number of guanidine groups is 1. The summed E-state index contributed by atoms with van der Waals surface area (Å²) in [4.78, 5) is 8.71. The van der Waals surface area contributed by atoms with Crippen LogP contribution in [0, 0.1) is 0 Å². The topological polar surface area (TPSA) is 71.7 Å². The molecule has 2 aromatic heterocycles. The van der Waals surface area contributed by atoms with E-state index in [4.69, 9.17) is 20.8 Å². The molecule has 0 aliphatic heterocycles. The van der Waals surface area contributed by atoms with Crippen LogP contribution in [0.15, 0.2) is 46.1 Å². The Labute approximate surface area is 160 Å². The maximum Gasteiger partial charge on any atom is 0.191 e. The second-order valence-corrected chi connectivity index (χ2v) is 6.09. The van der Waals surface area contributed by atoms with Crippen LogP contribution in [0.5, 0.6) is 0 Å². The fourth-order valence-electron chi connectivity index (χ4n) is 2.31. The zero-order chi connectivity index (χ0) is 18.5. The first-order valence-electron chi connectivity index (χ1n) is 9.00. The van der Waals surface area contributed by atoms with Gasteiger partial charge in [-0.05, 0) is 43.5 Å². The molecule has 142 valence electrons. The molecule has 0 fully saturated rings. The first-order valence-corrected chi connectivity index (χ1v) is 9.38. The van der Waals surface area contributed by atoms with Crippen LogP contribution in [0.1, 0.15) is 24.7 Å². The van der Waals surface area contributed by atoms with E-state index in [0.29, 0.717) is 5.15 Å². The highest BCUT2D eigenvalue weighted by atomic mass is 35.5. The maximum absolute atomic E-state index is 5.82. The number of pyridine rings is 1. The predicted octanol–water partition coefficient (Wildman–Crippen LogP) is 3.08. The molecule has 0 atom stereocenters. The molecule has 7 heteroatoms. The Morgan fingerprint density at radius 1 is 1.23 bits per heavy atom. The Bertz CT molecular complexity index is 629. The molecule has 0 aliphatic carbocycles. The molecule has 0 amide bonds. The molecular weight excluding hydrogens is 352 g/mol. The monoisotopic (exact) mass is 378 g/mol. The van der Waals surface area contributed by atoms with Crippen LogP contribution in [-0.2, 0) is 17.6 Å². The molecule has 0 aromatic carbocycles. The van der Waals surface area contributed by atoms with Crippen molar-refractivity contribution >= 4 is 17.6 Å². The molecule has 0 saturated heterocycles. The van der Waals surface area contributed by atoms with Crippen molar-refractivity contribution in [3.8, 4) is 0 Å². The first-order chi connectivity index (χ1) is 12.8. The maximum atomic E-state index is 5.82. The van der Waals surface area contributed by atoms with E-state index < -0.39 is 0 Å². The fourth-order valence-corrected chi connectivity index (χ4v) is 2.43. The molecule has 2 N–H and O–H groups in total. The third-order valence-corrected chi connectivity index (χ3v) is 3.88. The van der Waals surface area contributed by atoms with Crippen LogP contribution >= 0.6 is 11.6 Å². The Morgan fingerprint density at radius 2 is 2.08 bits per heavy atom. The van der Waals surface area contributed by atoms with E-state index in [1.54, 1.807) is 18.5 Å². The molecule has 6 nitrogen and oxygen atoms in total. The van der Waals surface area contributed by atoms with Gasteiger partial charge in [0.2, 0.25) is 0 Å². The minimum atomic E-state index is 0.512. The van der Waals surface area contributed by atoms with Crippen molar-refractivity contribution in [2.75, 3.05) is 32.8 Å². The second kappa shape index (κ2) is 12.3. The molecule has 0 spiro atoms. The number of halogens is 1. The van der Waals surface area contributed by atoms with Gasteiger partial charge in [0, 0.05) is 45.5 Å². The summed E-state index contributed by atoms with van der Waals surface area (Å²) < 4.78 is 10.7. The standard InChI is InChI=1S/C19H27ClN4O2/c1-2-25-13-4-10-21-19(23-12-9-17-5-3-14-26-17)22-11-8-16-6-7-18(20)24-15-16/h3,5-7,14-15H,2,4,8-13H2,1H3,(H2,21,22,23). The van der Waals surface area contributed by atoms with Gasteiger partial charge in [0.05, 0.1) is 6.26 Å². The molecule has 0 bridgehead atoms. The van der Waals surface area contributed by atoms with Crippen LogP contribution in [-0.4, -0.2) is 43.8 Å². The van der Waals surface area contributed by atoms with Crippen molar-refractivity contribution in [3.63, 3.8) is 0 Å². The van der Waals surface area contributed by atoms with Crippen LogP contribution in [0.25, 0.3) is 0 Å². The summed E-state index contributed by atoms with van der Waals surface area (Å²) in [6.07, 6.45) is 6.06. The summed E-state index contributed by atoms with van der Waals surface area (Å²) in [6.45, 7) is 5.72. The van der Waals surface area contributed by atoms with Crippen LogP contribution < -0.4 is 10.6 Å². The number of rotatable bonds is 11. The van der Waals surface area contributed by atoms with Crippen molar-refractivity contribution in [1.82, 2.24) is 15.6 Å². The number of ether oxygens (including phenoxy) is 1. The molecule has 2 rings (SSSR count). The van der Waals surface area contributed by atoms with Gasteiger partial charge in [-0.2, -0.15) is 0 Å². The Balaban J connectivity index is 1.76. The fraction of sp³-hybridized carbons (Fsp3) is 0.474. The predicted molar refractivity (Wildman–Crippen MR) is 105 cm³/mol.